The van der Waals surface area contributed by atoms with Gasteiger partial charge in [0.05, 0.1) is 49.3 Å². The van der Waals surface area contributed by atoms with Crippen molar-refractivity contribution in [3.8, 4) is 0 Å². The highest BCUT2D eigenvalue weighted by atomic mass is 16.7. The number of aliphatic hydroxyl groups excluding tert-OH is 1. The molecule has 2 fully saturated rings. The molecule has 0 bridgehead atoms. The number of likely N-dealkylation sites (N-methyl/N-ethyl adjacent to an activating group) is 2. The molecule has 3 N–H and O–H groups in total. The van der Waals surface area contributed by atoms with Crippen LogP contribution in [-0.4, -0.2) is 157 Å². The summed E-state index contributed by atoms with van der Waals surface area (Å²) in [7, 11) is 6.15. The summed E-state index contributed by atoms with van der Waals surface area (Å²) in [5.41, 5.74) is 1.62. The van der Waals surface area contributed by atoms with Gasteiger partial charge in [-0.2, -0.15) is 0 Å². The normalized spacial score (nSPS) is 19.3. The average molecular weight is 937 g/mol. The maximum absolute atomic E-state index is 14.5. The van der Waals surface area contributed by atoms with E-state index in [4.69, 9.17) is 19.0 Å². The number of aliphatic hydroxyl groups is 1. The second-order valence-corrected chi connectivity index (χ2v) is 18.4. The Kier molecular flexibility index (Phi) is 21.7. The van der Waals surface area contributed by atoms with Crippen molar-refractivity contribution >= 4 is 35.6 Å². The van der Waals surface area contributed by atoms with Gasteiger partial charge in [0, 0.05) is 46.8 Å². The smallest absolute Gasteiger partial charge is 0.410 e. The van der Waals surface area contributed by atoms with E-state index in [1.165, 1.54) is 33.3 Å². The van der Waals surface area contributed by atoms with Crippen LogP contribution in [0.5, 0.6) is 0 Å². The van der Waals surface area contributed by atoms with Gasteiger partial charge in [-0.15, -0.1) is 0 Å². The van der Waals surface area contributed by atoms with E-state index in [1.54, 1.807) is 43.1 Å². The lowest BCUT2D eigenvalue weighted by Gasteiger charge is -2.43. The van der Waals surface area contributed by atoms with E-state index in [-0.39, 0.29) is 49.0 Å². The van der Waals surface area contributed by atoms with Crippen molar-refractivity contribution in [3.05, 3.63) is 71.8 Å². The van der Waals surface area contributed by atoms with Crippen LogP contribution in [0, 0.1) is 17.8 Å². The number of rotatable bonds is 23. The quantitative estimate of drug-likeness (QED) is 0.143. The monoisotopic (exact) mass is 937 g/mol. The fourth-order valence-electron chi connectivity index (χ4n) is 9.56. The second-order valence-electron chi connectivity index (χ2n) is 18.4. The van der Waals surface area contributed by atoms with E-state index < -0.39 is 72.3 Å². The zero-order valence-electron chi connectivity index (χ0n) is 41.2. The van der Waals surface area contributed by atoms with Crippen LogP contribution < -0.4 is 10.6 Å². The summed E-state index contributed by atoms with van der Waals surface area (Å²) < 4.78 is 17.5. The summed E-state index contributed by atoms with van der Waals surface area (Å²) >= 11 is 0. The molecule has 17 heteroatoms. The predicted molar refractivity (Wildman–Crippen MR) is 252 cm³/mol. The number of carbonyl (C=O) groups is 6. The van der Waals surface area contributed by atoms with E-state index in [1.807, 2.05) is 69.0 Å². The van der Waals surface area contributed by atoms with Crippen LogP contribution in [0.15, 0.2) is 60.7 Å². The third kappa shape index (κ3) is 14.8. The number of nitrogens with zero attached hydrogens (tertiary/aromatic N) is 4. The van der Waals surface area contributed by atoms with E-state index in [2.05, 4.69) is 10.6 Å². The number of nitrogens with one attached hydrogen (secondary N) is 2. The number of carbonyl (C=O) groups excluding carboxylic acids is 6. The molecule has 0 aromatic heterocycles. The van der Waals surface area contributed by atoms with Gasteiger partial charge in [0.2, 0.25) is 17.7 Å². The predicted octanol–water partition coefficient (Wildman–Crippen LogP) is 4.35. The van der Waals surface area contributed by atoms with Crippen molar-refractivity contribution in [1.29, 1.82) is 0 Å². The first-order valence-electron chi connectivity index (χ1n) is 23.8. The van der Waals surface area contributed by atoms with Crippen LogP contribution in [0.25, 0.3) is 0 Å². The summed E-state index contributed by atoms with van der Waals surface area (Å²) in [6.45, 7) is 12.1. The van der Waals surface area contributed by atoms with Crippen LogP contribution in [0.3, 0.4) is 0 Å². The van der Waals surface area contributed by atoms with Crippen molar-refractivity contribution in [2.45, 2.75) is 142 Å². The Morgan fingerprint density at radius 3 is 2.00 bits per heavy atom. The molecule has 2 heterocycles. The van der Waals surface area contributed by atoms with E-state index in [9.17, 15) is 33.9 Å². The van der Waals surface area contributed by atoms with Gasteiger partial charge in [-0.25, -0.2) is 9.86 Å². The van der Waals surface area contributed by atoms with Crippen molar-refractivity contribution < 1.29 is 52.9 Å². The molecular weight excluding hydrogens is 861 g/mol. The van der Waals surface area contributed by atoms with Crippen molar-refractivity contribution in [2.24, 2.45) is 17.8 Å². The van der Waals surface area contributed by atoms with Gasteiger partial charge in [0.25, 0.3) is 11.8 Å². The number of imide groups is 1. The molecule has 0 spiro atoms. The van der Waals surface area contributed by atoms with E-state index in [0.717, 1.165) is 28.9 Å². The third-order valence-corrected chi connectivity index (χ3v) is 13.3. The van der Waals surface area contributed by atoms with E-state index in [0.29, 0.717) is 39.0 Å². The molecule has 10 atom stereocenters. The number of hydroxylamine groups is 2. The largest absolute Gasteiger partial charge is 0.445 e. The first-order valence-corrected chi connectivity index (χ1v) is 23.8. The highest BCUT2D eigenvalue weighted by Gasteiger charge is 2.44. The Bertz CT molecular complexity index is 1900. The maximum atomic E-state index is 14.5. The Morgan fingerprint density at radius 2 is 1.45 bits per heavy atom. The zero-order chi connectivity index (χ0) is 49.4. The first kappa shape index (κ1) is 54.7. The number of ether oxygens (including phenoxy) is 3. The van der Waals surface area contributed by atoms with Crippen LogP contribution in [0.1, 0.15) is 91.2 Å². The summed E-state index contributed by atoms with van der Waals surface area (Å²) in [5.74, 6) is -3.57. The topological polar surface area (TPSA) is 197 Å². The molecule has 2 aliphatic heterocycles. The lowest BCUT2D eigenvalue weighted by atomic mass is 9.87. The molecule has 0 unspecified atom stereocenters. The Morgan fingerprint density at radius 1 is 0.821 bits per heavy atom. The summed E-state index contributed by atoms with van der Waals surface area (Å²) in [6.07, 6.45) is 0.259. The molecule has 2 aromatic rings. The van der Waals surface area contributed by atoms with Crippen LogP contribution in [0.2, 0.25) is 0 Å². The summed E-state index contributed by atoms with van der Waals surface area (Å²) in [4.78, 5) is 93.6. The molecular formula is C50H76N6O11. The molecule has 17 nitrogen and oxygen atoms in total. The van der Waals surface area contributed by atoms with Gasteiger partial charge in [0.15, 0.2) is 0 Å². The summed E-state index contributed by atoms with van der Waals surface area (Å²) in [6, 6.07) is 14.4. The highest BCUT2D eigenvalue weighted by Crippen LogP contribution is 2.31. The third-order valence-electron chi connectivity index (χ3n) is 13.3. The number of benzene rings is 2. The molecule has 4 rings (SSSR count). The van der Waals surface area contributed by atoms with Gasteiger partial charge >= 0.3 is 6.09 Å². The number of likely N-dealkylation sites (tertiary alicyclic amines) is 1. The fourth-order valence-corrected chi connectivity index (χ4v) is 9.56. The summed E-state index contributed by atoms with van der Waals surface area (Å²) in [5, 5.41) is 17.5. The van der Waals surface area contributed by atoms with Crippen molar-refractivity contribution in [2.75, 3.05) is 48.0 Å². The zero-order valence-corrected chi connectivity index (χ0v) is 41.2. The number of amides is 6. The van der Waals surface area contributed by atoms with Crippen molar-refractivity contribution in [1.82, 2.24) is 30.4 Å². The SMILES string of the molecule is CC[C@H](C)[C@@H]([C@@H](CC(=O)N1CCC[C@H]1[C@H](OC)[C@@H](C)C(=O)N[C@@H](Cc1ccccc1)C(=O)N1CCCCO1)OC)N(C)[C@H](C(=O)NC(=O)[C@H]([C@@H](C)O)N(C)C(=O)OCc1ccccc1)C(C)C. The fraction of sp³-hybridized carbons (Fsp3) is 0.640. The minimum Gasteiger partial charge on any atom is -0.445 e. The average Bonchev–Trinajstić information content (AvgIpc) is 3.80. The van der Waals surface area contributed by atoms with Crippen LogP contribution in [-0.2, 0) is 56.0 Å². The van der Waals surface area contributed by atoms with Gasteiger partial charge < -0.3 is 29.5 Å². The van der Waals surface area contributed by atoms with Crippen LogP contribution in [0.4, 0.5) is 4.79 Å². The molecule has 372 valence electrons. The van der Waals surface area contributed by atoms with Gasteiger partial charge in [-0.05, 0) is 62.6 Å². The highest BCUT2D eigenvalue weighted by molar-refractivity contribution is 6.01. The minimum atomic E-state index is -1.44. The Hall–Kier alpha value is -4.94. The number of hydrogen-bond donors (Lipinski definition) is 3. The number of methoxy groups -OCH3 is 2. The molecule has 2 saturated heterocycles. The molecule has 0 radical (unpaired) electrons. The lowest BCUT2D eigenvalue weighted by molar-refractivity contribution is -0.199. The molecule has 0 aliphatic carbocycles. The molecule has 6 amide bonds. The molecule has 2 aliphatic rings. The second kappa shape index (κ2) is 26.6. The number of hydrogen-bond acceptors (Lipinski definition) is 12. The Labute approximate surface area is 397 Å². The Balaban J connectivity index is 1.48. The molecule has 2 aromatic carbocycles. The van der Waals surface area contributed by atoms with E-state index >= 15 is 0 Å². The minimum absolute atomic E-state index is 0.0435. The molecule has 0 saturated carbocycles. The van der Waals surface area contributed by atoms with Gasteiger partial charge in [0.1, 0.15) is 18.7 Å². The van der Waals surface area contributed by atoms with Gasteiger partial charge in [-0.3, -0.25) is 43.9 Å². The first-order chi connectivity index (χ1) is 31.9. The van der Waals surface area contributed by atoms with Crippen LogP contribution >= 0.6 is 0 Å². The standard InChI is InChI=1S/C50H76N6O11/c1-11-33(4)43(53(7)42(32(2)3)47(60)52-48(61)44(35(6)57)54(8)50(63)66-31-37-23-16-13-17-24-37)40(64-9)30-41(58)55-26-20-25-39(55)45(65-10)34(5)46(59)51-38(29-36-21-14-12-15-22-36)49(62)56-27-18-19-28-67-56/h12-17,21-24,32-35,38-40,42-45,57H,11,18-20,25-31H2,1-10H3,(H,51,59)(H,52,60,61)/t33-,34+,35+,38-,39-,40+,42-,43-,44-,45+/m0/s1. The van der Waals surface area contributed by atoms with Gasteiger partial charge in [-0.1, -0.05) is 102 Å². The molecule has 67 heavy (non-hydrogen) atoms. The lowest BCUT2D eigenvalue weighted by Crippen LogP contribution is -2.61. The van der Waals surface area contributed by atoms with Crippen molar-refractivity contribution in [3.63, 3.8) is 0 Å². The maximum Gasteiger partial charge on any atom is 0.410 e.